The summed E-state index contributed by atoms with van der Waals surface area (Å²) in [6.45, 7) is 0. The Bertz CT molecular complexity index is 791. The largest absolute Gasteiger partial charge is 0.506 e. The number of amides is 1. The van der Waals surface area contributed by atoms with E-state index in [1.807, 2.05) is 0 Å². The molecule has 2 rings (SSSR count). The lowest BCUT2D eigenvalue weighted by Gasteiger charge is -2.05. The minimum Gasteiger partial charge on any atom is -0.506 e. The highest BCUT2D eigenvalue weighted by molar-refractivity contribution is 9.11. The fourth-order valence-electron chi connectivity index (χ4n) is 1.65. The number of hydrazone groups is 1. The summed E-state index contributed by atoms with van der Waals surface area (Å²) in [5, 5.41) is 24.1. The number of nitrogens with one attached hydrogen (secondary N) is 1. The van der Waals surface area contributed by atoms with Gasteiger partial charge in [0.1, 0.15) is 5.75 Å². The molecule has 7 nitrogen and oxygen atoms in total. The fraction of sp³-hybridized carbons (Fsp3) is 0. The number of benzene rings is 2. The molecule has 0 aliphatic rings. The lowest BCUT2D eigenvalue weighted by atomic mass is 10.2. The first-order valence-electron chi connectivity index (χ1n) is 6.14. The summed E-state index contributed by atoms with van der Waals surface area (Å²) in [7, 11) is 0. The third-order valence-electron chi connectivity index (χ3n) is 2.76. The van der Waals surface area contributed by atoms with Crippen LogP contribution < -0.4 is 5.43 Å². The van der Waals surface area contributed by atoms with E-state index in [1.165, 1.54) is 36.5 Å². The first kappa shape index (κ1) is 17.1. The summed E-state index contributed by atoms with van der Waals surface area (Å²) in [4.78, 5) is 22.0. The average molecular weight is 443 g/mol. The van der Waals surface area contributed by atoms with Gasteiger partial charge < -0.3 is 5.11 Å². The van der Waals surface area contributed by atoms with Crippen LogP contribution in [0.4, 0.5) is 5.69 Å². The van der Waals surface area contributed by atoms with Gasteiger partial charge in [0.25, 0.3) is 11.6 Å². The van der Waals surface area contributed by atoms with E-state index in [2.05, 4.69) is 42.4 Å². The zero-order valence-electron chi connectivity index (χ0n) is 11.4. The van der Waals surface area contributed by atoms with Gasteiger partial charge in [-0.3, -0.25) is 14.9 Å². The van der Waals surface area contributed by atoms with E-state index >= 15 is 0 Å². The predicted octanol–water partition coefficient (Wildman–Crippen LogP) is 3.59. The summed E-state index contributed by atoms with van der Waals surface area (Å²) >= 11 is 6.36. The number of carbonyl (C=O) groups excluding carboxylic acids is 1. The summed E-state index contributed by atoms with van der Waals surface area (Å²) in [5.41, 5.74) is 2.87. The second-order valence-corrected chi connectivity index (χ2v) is 6.10. The molecule has 0 saturated carbocycles. The zero-order valence-corrected chi connectivity index (χ0v) is 14.5. The van der Waals surface area contributed by atoms with Crippen LogP contribution in [0.3, 0.4) is 0 Å². The number of phenols is 1. The van der Waals surface area contributed by atoms with Crippen LogP contribution in [0, 0.1) is 10.1 Å². The molecule has 23 heavy (non-hydrogen) atoms. The summed E-state index contributed by atoms with van der Waals surface area (Å²) in [5.74, 6) is -0.793. The number of halogens is 2. The molecule has 0 radical (unpaired) electrons. The van der Waals surface area contributed by atoms with Crippen molar-refractivity contribution < 1.29 is 14.8 Å². The topological polar surface area (TPSA) is 105 Å². The van der Waals surface area contributed by atoms with Gasteiger partial charge in [0.2, 0.25) is 0 Å². The van der Waals surface area contributed by atoms with Gasteiger partial charge in [0.15, 0.2) is 0 Å². The fourth-order valence-corrected chi connectivity index (χ4v) is 2.87. The number of nitro benzene ring substituents is 1. The van der Waals surface area contributed by atoms with Gasteiger partial charge in [0, 0.05) is 16.6 Å². The van der Waals surface area contributed by atoms with Gasteiger partial charge in [0.05, 0.1) is 21.2 Å². The standard InChI is InChI=1S/C14H9Br2N3O4/c15-9-5-11(13(20)12(16)6-9)14(21)18-17-7-8-1-3-10(4-2-8)19(22)23/h1-7,20H,(H,18,21). The molecule has 0 heterocycles. The van der Waals surface area contributed by atoms with E-state index in [0.29, 0.717) is 14.5 Å². The molecule has 2 aromatic carbocycles. The Morgan fingerprint density at radius 1 is 1.26 bits per heavy atom. The van der Waals surface area contributed by atoms with Gasteiger partial charge >= 0.3 is 0 Å². The van der Waals surface area contributed by atoms with Gasteiger partial charge in [-0.15, -0.1) is 0 Å². The van der Waals surface area contributed by atoms with Crippen molar-refractivity contribution in [3.8, 4) is 5.75 Å². The van der Waals surface area contributed by atoms with Gasteiger partial charge in [-0.2, -0.15) is 5.10 Å². The third-order valence-corrected chi connectivity index (χ3v) is 3.82. The number of nitrogens with zero attached hydrogens (tertiary/aromatic N) is 2. The van der Waals surface area contributed by atoms with Crippen molar-refractivity contribution in [1.82, 2.24) is 5.43 Å². The second kappa shape index (κ2) is 7.34. The highest BCUT2D eigenvalue weighted by Crippen LogP contribution is 2.31. The quantitative estimate of drug-likeness (QED) is 0.428. The molecule has 0 aliphatic heterocycles. The van der Waals surface area contributed by atoms with E-state index in [9.17, 15) is 20.0 Å². The number of phenolic OH excluding ortho intramolecular Hbond substituents is 1. The lowest BCUT2D eigenvalue weighted by molar-refractivity contribution is -0.384. The number of hydrogen-bond donors (Lipinski definition) is 2. The summed E-state index contributed by atoms with van der Waals surface area (Å²) in [6.07, 6.45) is 1.34. The van der Waals surface area contributed by atoms with E-state index in [4.69, 9.17) is 0 Å². The predicted molar refractivity (Wildman–Crippen MR) is 91.7 cm³/mol. The Balaban J connectivity index is 2.08. The molecule has 0 saturated heterocycles. The van der Waals surface area contributed by atoms with Crippen molar-refractivity contribution in [3.63, 3.8) is 0 Å². The van der Waals surface area contributed by atoms with Crippen LogP contribution in [0.25, 0.3) is 0 Å². The number of nitro groups is 1. The van der Waals surface area contributed by atoms with Gasteiger partial charge in [-0.05, 0) is 45.8 Å². The molecule has 2 N–H and O–H groups in total. The van der Waals surface area contributed by atoms with Crippen LogP contribution in [0.5, 0.6) is 5.75 Å². The highest BCUT2D eigenvalue weighted by Gasteiger charge is 2.14. The van der Waals surface area contributed by atoms with Crippen LogP contribution in [0.2, 0.25) is 0 Å². The summed E-state index contributed by atoms with van der Waals surface area (Å²) in [6, 6.07) is 8.73. The van der Waals surface area contributed by atoms with Crippen molar-refractivity contribution in [2.75, 3.05) is 0 Å². The van der Waals surface area contributed by atoms with E-state index in [0.717, 1.165) is 0 Å². The molecule has 0 spiro atoms. The molecule has 0 fully saturated rings. The third kappa shape index (κ3) is 4.36. The maximum atomic E-state index is 12.0. The molecule has 2 aromatic rings. The van der Waals surface area contributed by atoms with Crippen molar-refractivity contribution in [3.05, 3.63) is 66.6 Å². The maximum absolute atomic E-state index is 12.0. The smallest absolute Gasteiger partial charge is 0.275 e. The van der Waals surface area contributed by atoms with Crippen molar-refractivity contribution in [2.45, 2.75) is 0 Å². The van der Waals surface area contributed by atoms with E-state index < -0.39 is 10.8 Å². The SMILES string of the molecule is O=C(NN=Cc1ccc([N+](=O)[O-])cc1)c1cc(Br)cc(Br)c1O. The van der Waals surface area contributed by atoms with Crippen molar-refractivity contribution in [1.29, 1.82) is 0 Å². The second-order valence-electron chi connectivity index (χ2n) is 4.33. The Morgan fingerprint density at radius 2 is 1.91 bits per heavy atom. The van der Waals surface area contributed by atoms with Crippen molar-refractivity contribution >= 4 is 49.7 Å². The van der Waals surface area contributed by atoms with Crippen LogP contribution >= 0.6 is 31.9 Å². The number of rotatable bonds is 4. The number of aromatic hydroxyl groups is 1. The van der Waals surface area contributed by atoms with Crippen LogP contribution in [0.15, 0.2) is 50.4 Å². The van der Waals surface area contributed by atoms with Crippen molar-refractivity contribution in [2.24, 2.45) is 5.10 Å². The highest BCUT2D eigenvalue weighted by atomic mass is 79.9. The molecule has 0 aliphatic carbocycles. The van der Waals surface area contributed by atoms with Crippen LogP contribution in [0.1, 0.15) is 15.9 Å². The minimum atomic E-state index is -0.595. The number of carbonyl (C=O) groups is 1. The molecular formula is C14H9Br2N3O4. The average Bonchev–Trinajstić information content (AvgIpc) is 2.51. The Labute approximate surface area is 147 Å². The molecule has 0 bridgehead atoms. The van der Waals surface area contributed by atoms with E-state index in [1.54, 1.807) is 6.07 Å². The normalized spacial score (nSPS) is 10.7. The Morgan fingerprint density at radius 3 is 2.52 bits per heavy atom. The minimum absolute atomic E-state index is 0.0323. The first-order chi connectivity index (χ1) is 10.9. The molecule has 118 valence electrons. The van der Waals surface area contributed by atoms with Gasteiger partial charge in [-0.25, -0.2) is 5.43 Å². The monoisotopic (exact) mass is 441 g/mol. The molecule has 9 heteroatoms. The van der Waals surface area contributed by atoms with Crippen LogP contribution in [-0.2, 0) is 0 Å². The first-order valence-corrected chi connectivity index (χ1v) is 7.73. The molecule has 0 atom stereocenters. The Kier molecular flexibility index (Phi) is 5.45. The maximum Gasteiger partial charge on any atom is 0.275 e. The number of non-ortho nitro benzene ring substituents is 1. The van der Waals surface area contributed by atoms with Gasteiger partial charge in [-0.1, -0.05) is 15.9 Å². The van der Waals surface area contributed by atoms with E-state index in [-0.39, 0.29) is 17.0 Å². The zero-order chi connectivity index (χ0) is 17.0. The van der Waals surface area contributed by atoms with Crippen LogP contribution in [-0.4, -0.2) is 22.2 Å². The number of hydrogen-bond acceptors (Lipinski definition) is 5. The molecule has 1 amide bonds. The summed E-state index contributed by atoms with van der Waals surface area (Å²) < 4.78 is 0.989. The lowest BCUT2D eigenvalue weighted by Crippen LogP contribution is -2.17. The molecule has 0 aromatic heterocycles. The molecular weight excluding hydrogens is 434 g/mol. The molecule has 0 unspecified atom stereocenters. The Hall–Kier alpha value is -2.26.